The minimum Gasteiger partial charge on any atom is -0.464 e. The van der Waals surface area contributed by atoms with Crippen LogP contribution in [-0.2, 0) is 25.6 Å². The van der Waals surface area contributed by atoms with E-state index >= 15 is 0 Å². The Morgan fingerprint density at radius 2 is 1.95 bits per heavy atom. The number of carbonyl (C=O) groups excluding carboxylic acids is 2. The fraction of sp³-hybridized carbons (Fsp3) is 0.500. The van der Waals surface area contributed by atoms with Crippen LogP contribution >= 0.6 is 0 Å². The first kappa shape index (κ1) is 16.3. The summed E-state index contributed by atoms with van der Waals surface area (Å²) in [6.07, 6.45) is -0.593. The second-order valence-electron chi connectivity index (χ2n) is 5.44. The van der Waals surface area contributed by atoms with Crippen LogP contribution < -0.4 is 0 Å². The minimum absolute atomic E-state index is 0.103. The number of hydrogen-bond donors (Lipinski definition) is 0. The largest absolute Gasteiger partial charge is 0.464 e. The highest BCUT2D eigenvalue weighted by atomic mass is 16.6. The third kappa shape index (κ3) is 3.57. The number of amides is 1. The molecule has 1 fully saturated rings. The van der Waals surface area contributed by atoms with Gasteiger partial charge < -0.3 is 14.2 Å². The van der Waals surface area contributed by atoms with Crippen molar-refractivity contribution in [3.8, 4) is 0 Å². The monoisotopic (exact) mass is 307 g/mol. The summed E-state index contributed by atoms with van der Waals surface area (Å²) in [6, 6.07) is 8.57. The first-order valence-corrected chi connectivity index (χ1v) is 7.26. The molecule has 1 saturated heterocycles. The molecule has 1 aliphatic heterocycles. The Balaban J connectivity index is 2.05. The van der Waals surface area contributed by atoms with Crippen LogP contribution in [0.3, 0.4) is 0 Å². The van der Waals surface area contributed by atoms with Gasteiger partial charge in [0.15, 0.2) is 6.04 Å². The summed E-state index contributed by atoms with van der Waals surface area (Å²) in [7, 11) is 0. The third-order valence-corrected chi connectivity index (χ3v) is 3.45. The maximum atomic E-state index is 12.4. The van der Waals surface area contributed by atoms with Gasteiger partial charge in [0.1, 0.15) is 12.3 Å². The summed E-state index contributed by atoms with van der Waals surface area (Å²) in [4.78, 5) is 25.6. The second kappa shape index (κ2) is 6.79. The van der Waals surface area contributed by atoms with Crippen LogP contribution in [0.15, 0.2) is 30.3 Å². The topological polar surface area (TPSA) is 65.1 Å². The van der Waals surface area contributed by atoms with Gasteiger partial charge >= 0.3 is 12.1 Å². The second-order valence-corrected chi connectivity index (χ2v) is 5.44. The lowest BCUT2D eigenvalue weighted by Crippen LogP contribution is -2.51. The number of esters is 1. The van der Waals surface area contributed by atoms with Gasteiger partial charge in [-0.1, -0.05) is 30.3 Å². The minimum atomic E-state index is -0.912. The van der Waals surface area contributed by atoms with Crippen molar-refractivity contribution >= 4 is 12.1 Å². The lowest BCUT2D eigenvalue weighted by atomic mass is 10.2. The maximum absolute atomic E-state index is 12.4. The Bertz CT molecular complexity index is 529. The number of ether oxygens (including phenoxy) is 3. The zero-order valence-electron chi connectivity index (χ0n) is 13.1. The Morgan fingerprint density at radius 3 is 2.59 bits per heavy atom. The van der Waals surface area contributed by atoms with E-state index in [1.165, 1.54) is 4.90 Å². The number of rotatable bonds is 4. The normalized spacial score (nSPS) is 19.8. The molecule has 1 aliphatic rings. The molecule has 0 saturated carbocycles. The van der Waals surface area contributed by atoms with E-state index in [4.69, 9.17) is 14.2 Å². The van der Waals surface area contributed by atoms with Crippen LogP contribution in [0.25, 0.3) is 0 Å². The molecule has 6 heteroatoms. The van der Waals surface area contributed by atoms with Gasteiger partial charge in [0, 0.05) is 0 Å². The van der Waals surface area contributed by atoms with Crippen LogP contribution in [0, 0.1) is 0 Å². The quantitative estimate of drug-likeness (QED) is 0.799. The van der Waals surface area contributed by atoms with E-state index in [2.05, 4.69) is 0 Å². The summed E-state index contributed by atoms with van der Waals surface area (Å²) in [5.41, 5.74) is -0.0352. The van der Waals surface area contributed by atoms with Crippen molar-refractivity contribution in [1.82, 2.24) is 4.90 Å². The molecule has 0 bridgehead atoms. The van der Waals surface area contributed by atoms with Gasteiger partial charge in [0.2, 0.25) is 0 Å². The smallest absolute Gasteiger partial charge is 0.413 e. The number of nitrogens with zero attached hydrogens (tertiary/aromatic N) is 1. The van der Waals surface area contributed by atoms with Gasteiger partial charge in [0.05, 0.1) is 13.2 Å². The molecule has 1 amide bonds. The lowest BCUT2D eigenvalue weighted by molar-refractivity contribution is -0.148. The molecule has 0 aromatic heterocycles. The molecule has 6 nitrogen and oxygen atoms in total. The van der Waals surface area contributed by atoms with Crippen LogP contribution in [0.2, 0.25) is 0 Å². The van der Waals surface area contributed by atoms with Gasteiger partial charge in [0.25, 0.3) is 0 Å². The van der Waals surface area contributed by atoms with Crippen molar-refractivity contribution in [2.24, 2.45) is 0 Å². The first-order valence-electron chi connectivity index (χ1n) is 7.26. The Hall–Kier alpha value is -2.08. The molecule has 1 heterocycles. The predicted octanol–water partition coefficient (Wildman–Crippen LogP) is 2.32. The molecule has 0 spiro atoms. The molecule has 0 N–H and O–H groups in total. The Kier molecular flexibility index (Phi) is 5.03. The summed E-state index contributed by atoms with van der Waals surface area (Å²) < 4.78 is 15.8. The molecular weight excluding hydrogens is 286 g/mol. The van der Waals surface area contributed by atoms with Crippen LogP contribution in [0.4, 0.5) is 4.79 Å². The number of benzene rings is 1. The molecule has 0 radical (unpaired) electrons. The standard InChI is InChI=1S/C16H21NO5/c1-4-20-14(18)13-11-22-16(2,3)17(13)15(19)21-10-12-8-6-5-7-9-12/h5-9,13H,4,10-11H2,1-3H3. The SMILES string of the molecule is CCOC(=O)C1COC(C)(C)N1C(=O)OCc1ccccc1. The van der Waals surface area contributed by atoms with E-state index in [9.17, 15) is 9.59 Å². The predicted molar refractivity (Wildman–Crippen MR) is 78.9 cm³/mol. The number of carbonyl (C=O) groups is 2. The zero-order valence-corrected chi connectivity index (χ0v) is 13.1. The van der Waals surface area contributed by atoms with Gasteiger partial charge in [-0.25, -0.2) is 9.59 Å². The van der Waals surface area contributed by atoms with Crippen molar-refractivity contribution in [3.63, 3.8) is 0 Å². The van der Waals surface area contributed by atoms with Crippen molar-refractivity contribution < 1.29 is 23.8 Å². The molecule has 1 atom stereocenters. The summed E-state index contributed by atoms with van der Waals surface area (Å²) in [6.45, 7) is 5.65. The van der Waals surface area contributed by atoms with E-state index < -0.39 is 23.8 Å². The van der Waals surface area contributed by atoms with Gasteiger partial charge in [-0.2, -0.15) is 0 Å². The molecular formula is C16H21NO5. The fourth-order valence-electron chi connectivity index (χ4n) is 2.35. The van der Waals surface area contributed by atoms with Crippen molar-refractivity contribution in [3.05, 3.63) is 35.9 Å². The highest BCUT2D eigenvalue weighted by Gasteiger charge is 2.48. The maximum Gasteiger partial charge on any atom is 0.413 e. The van der Waals surface area contributed by atoms with E-state index in [1.807, 2.05) is 30.3 Å². The zero-order chi connectivity index (χ0) is 16.2. The Morgan fingerprint density at radius 1 is 1.27 bits per heavy atom. The van der Waals surface area contributed by atoms with E-state index in [0.717, 1.165) is 5.56 Å². The molecule has 2 rings (SSSR count). The van der Waals surface area contributed by atoms with E-state index in [1.54, 1.807) is 20.8 Å². The van der Waals surface area contributed by atoms with Crippen LogP contribution in [0.1, 0.15) is 26.3 Å². The molecule has 1 aromatic rings. The highest BCUT2D eigenvalue weighted by molar-refractivity contribution is 5.82. The van der Waals surface area contributed by atoms with Crippen molar-refractivity contribution in [2.45, 2.75) is 39.1 Å². The van der Waals surface area contributed by atoms with Crippen molar-refractivity contribution in [2.75, 3.05) is 13.2 Å². The molecule has 1 aromatic carbocycles. The first-order chi connectivity index (χ1) is 10.5. The van der Waals surface area contributed by atoms with Crippen molar-refractivity contribution in [1.29, 1.82) is 0 Å². The average Bonchev–Trinajstić information content (AvgIpc) is 2.82. The average molecular weight is 307 g/mol. The van der Waals surface area contributed by atoms with E-state index in [-0.39, 0.29) is 19.8 Å². The number of hydrogen-bond acceptors (Lipinski definition) is 5. The van der Waals surface area contributed by atoms with Crippen LogP contribution in [0.5, 0.6) is 0 Å². The summed E-state index contributed by atoms with van der Waals surface area (Å²) in [5, 5.41) is 0. The highest BCUT2D eigenvalue weighted by Crippen LogP contribution is 2.29. The Labute approximate surface area is 129 Å². The summed E-state index contributed by atoms with van der Waals surface area (Å²) in [5.74, 6) is -0.482. The molecule has 1 unspecified atom stereocenters. The summed E-state index contributed by atoms with van der Waals surface area (Å²) >= 11 is 0. The fourth-order valence-corrected chi connectivity index (χ4v) is 2.35. The van der Waals surface area contributed by atoms with Gasteiger partial charge in [-0.05, 0) is 26.3 Å². The van der Waals surface area contributed by atoms with E-state index in [0.29, 0.717) is 0 Å². The van der Waals surface area contributed by atoms with Crippen LogP contribution in [-0.4, -0.2) is 41.9 Å². The molecule has 0 aliphatic carbocycles. The third-order valence-electron chi connectivity index (χ3n) is 3.45. The molecule has 22 heavy (non-hydrogen) atoms. The van der Waals surface area contributed by atoms with Gasteiger partial charge in [-0.15, -0.1) is 0 Å². The lowest BCUT2D eigenvalue weighted by Gasteiger charge is -2.31. The van der Waals surface area contributed by atoms with Gasteiger partial charge in [-0.3, -0.25) is 4.90 Å². The molecule has 120 valence electrons.